The first-order valence-electron chi connectivity index (χ1n) is 31.5. The summed E-state index contributed by atoms with van der Waals surface area (Å²) in [5, 5.41) is 13.6. The molecule has 0 atom stereocenters. The van der Waals surface area contributed by atoms with Crippen LogP contribution in [0.15, 0.2) is 392 Å². The third-order valence-electron chi connectivity index (χ3n) is 15.1. The quantitative estimate of drug-likeness (QED) is 0.0245. The minimum absolute atomic E-state index is 0. The van der Waals surface area contributed by atoms with Crippen molar-refractivity contribution in [3.05, 3.63) is 398 Å². The van der Waals surface area contributed by atoms with Crippen molar-refractivity contribution < 1.29 is 47.8 Å². The summed E-state index contributed by atoms with van der Waals surface area (Å²) in [5.41, 5.74) is 2.89. The largest absolute Gasteiger partial charge is 6.00 e. The van der Waals surface area contributed by atoms with E-state index < -0.39 is 43.2 Å². The molecule has 476 valence electrons. The molecule has 12 aromatic carbocycles. The fraction of sp³-hybridized carbons (Fsp3) is 0.0602. The minimum atomic E-state index is -0.783. The van der Waals surface area contributed by atoms with E-state index in [9.17, 15) is 9.59 Å². The molecule has 0 saturated heterocycles. The SMILES string of the molecule is O=c1nc(SCSc2nc(=O)o[c-]c2-c2ccccc2)c(-c2ccccc2)[c-]o1.[Ru+6].[Ru+6].c1cc[cH-]c1.c1cc[cH-]c1.c1ccc([PH+](CC[PH+](c2ccccc2)c2ccccc2)c2ccccc2)cc1.c1ccc([PH+](CC[PH+](c2ccccc2)c2ccccc2)c2ccccc2)cc1. The fourth-order valence-corrected chi connectivity index (χ4v) is 25.0. The van der Waals surface area contributed by atoms with Crippen LogP contribution < -0.4 is 53.9 Å². The number of aromatic nitrogens is 2. The molecule has 0 bridgehead atoms. The van der Waals surface area contributed by atoms with Gasteiger partial charge < -0.3 is 8.83 Å². The summed E-state index contributed by atoms with van der Waals surface area (Å²) in [6.45, 7) is 0. The summed E-state index contributed by atoms with van der Waals surface area (Å²) in [6, 6.07) is 128. The molecular weight excluding hydrogens is 1480 g/mol. The van der Waals surface area contributed by atoms with Gasteiger partial charge in [-0.2, -0.15) is 36.4 Å². The maximum atomic E-state index is 11.6. The Morgan fingerprint density at radius 1 is 0.289 bits per heavy atom. The van der Waals surface area contributed by atoms with Crippen LogP contribution in [0.1, 0.15) is 0 Å². The topological polar surface area (TPSA) is 86.2 Å². The van der Waals surface area contributed by atoms with E-state index in [2.05, 4.69) is 265 Å². The molecule has 0 aliphatic rings. The second-order valence-electron chi connectivity index (χ2n) is 21.4. The molecule has 0 amide bonds. The maximum absolute atomic E-state index is 11.6. The van der Waals surface area contributed by atoms with Gasteiger partial charge in [0.15, 0.2) is 0 Å². The summed E-state index contributed by atoms with van der Waals surface area (Å²) in [7, 11) is -3.13. The van der Waals surface area contributed by atoms with E-state index in [0.717, 1.165) is 11.1 Å². The van der Waals surface area contributed by atoms with Crippen molar-refractivity contribution in [2.24, 2.45) is 0 Å². The molecule has 0 saturated carbocycles. The predicted octanol–water partition coefficient (Wildman–Crippen LogP) is 16.4. The monoisotopic (exact) mass is 1550 g/mol. The first-order chi connectivity index (χ1) is 47.0. The molecular formula is C83H74N2O4P4Ru2S2+12. The van der Waals surface area contributed by atoms with Crippen LogP contribution in [0.3, 0.4) is 0 Å². The van der Waals surface area contributed by atoms with Gasteiger partial charge in [0.1, 0.15) is 24.6 Å². The Morgan fingerprint density at radius 2 is 0.485 bits per heavy atom. The number of thioether (sulfide) groups is 2. The Labute approximate surface area is 609 Å². The molecule has 2 aromatic heterocycles. The van der Waals surface area contributed by atoms with E-state index in [1.54, 1.807) is 0 Å². The average Bonchev–Trinajstić information content (AvgIpc) is 1.28. The van der Waals surface area contributed by atoms with Crippen LogP contribution in [0.4, 0.5) is 0 Å². The number of benzene rings is 10. The van der Waals surface area contributed by atoms with E-state index in [1.165, 1.54) is 90.6 Å². The van der Waals surface area contributed by atoms with E-state index in [1.807, 2.05) is 121 Å². The van der Waals surface area contributed by atoms with Crippen LogP contribution in [0.2, 0.25) is 0 Å². The van der Waals surface area contributed by atoms with Gasteiger partial charge in [-0.25, -0.2) is 24.3 Å². The summed E-state index contributed by atoms with van der Waals surface area (Å²) in [5.74, 6) is -1.43. The van der Waals surface area contributed by atoms with Gasteiger partial charge in [0, 0.05) is 27.7 Å². The van der Waals surface area contributed by atoms with E-state index >= 15 is 0 Å². The van der Waals surface area contributed by atoms with Crippen LogP contribution in [0.25, 0.3) is 22.3 Å². The Balaban J connectivity index is 0.000000171. The van der Waals surface area contributed by atoms with Gasteiger partial charge in [-0.05, 0) is 97.1 Å². The van der Waals surface area contributed by atoms with Crippen LogP contribution in [-0.2, 0) is 39.0 Å². The third-order valence-corrected chi connectivity index (χ3v) is 29.5. The van der Waals surface area contributed by atoms with Crippen molar-refractivity contribution in [2.45, 2.75) is 10.1 Å². The van der Waals surface area contributed by atoms with E-state index in [4.69, 9.17) is 8.83 Å². The molecule has 0 aliphatic heterocycles. The molecule has 14 aromatic rings. The van der Waals surface area contributed by atoms with Gasteiger partial charge in [0.2, 0.25) is 0 Å². The van der Waals surface area contributed by atoms with Gasteiger partial charge in [-0.1, -0.05) is 229 Å². The van der Waals surface area contributed by atoms with Gasteiger partial charge in [-0.3, -0.25) is 19.6 Å². The molecule has 0 fully saturated rings. The molecule has 0 radical (unpaired) electrons. The molecule has 0 aliphatic carbocycles. The van der Waals surface area contributed by atoms with Crippen molar-refractivity contribution in [1.82, 2.24) is 9.97 Å². The molecule has 14 heteroatoms. The van der Waals surface area contributed by atoms with Crippen LogP contribution in [0, 0.1) is 12.5 Å². The second kappa shape index (κ2) is 42.9. The molecule has 14 rings (SSSR count). The van der Waals surface area contributed by atoms with Gasteiger partial charge in [0.25, 0.3) is 0 Å². The van der Waals surface area contributed by atoms with E-state index in [0.29, 0.717) is 26.3 Å². The van der Waals surface area contributed by atoms with Crippen molar-refractivity contribution in [3.63, 3.8) is 0 Å². The van der Waals surface area contributed by atoms with Crippen molar-refractivity contribution in [3.8, 4) is 22.3 Å². The smallest absolute Gasteiger partial charge is 0.506 e. The second-order valence-corrected chi connectivity index (χ2v) is 34.2. The Bertz CT molecular complexity index is 3810. The number of hydrogen-bond acceptors (Lipinski definition) is 8. The average molecular weight is 1550 g/mol. The fourth-order valence-electron chi connectivity index (χ4n) is 10.6. The van der Waals surface area contributed by atoms with Gasteiger partial charge in [-0.15, -0.1) is 23.5 Å². The standard InChI is InChI=1S/2C26H24P2.C21H12N2O4S2.2C5H5.2Ru/c2*1-5-13-23(14-6-1)27(24-15-7-2-8-16-24)21-22-28(25-17-9-3-10-18-25)26-19-11-4-12-20-26;24-20-22-18(16(11-26-20)14-7-3-1-4-8-14)28-13-29-19-17(12-27-21(25)23-19)15-9-5-2-6-10-15;2*1-2-4-5-3-1;;/h2*1-20H,21-22H2;1-10H,13H2;2*1-5H;;/q;;-2;2*-1;2*+6/p+4. The zero-order valence-electron chi connectivity index (χ0n) is 53.2. The molecule has 0 N–H and O–H groups in total. The van der Waals surface area contributed by atoms with E-state index in [-0.39, 0.29) is 39.0 Å². The first-order valence-corrected chi connectivity index (χ1v) is 40.3. The van der Waals surface area contributed by atoms with Crippen LogP contribution >= 0.6 is 55.2 Å². The summed E-state index contributed by atoms with van der Waals surface area (Å²) < 4.78 is 9.66. The molecule has 2 heterocycles. The first kappa shape index (κ1) is 75.1. The normalized spacial score (nSPS) is 10.4. The minimum Gasteiger partial charge on any atom is -0.506 e. The maximum Gasteiger partial charge on any atom is 6.00 e. The molecule has 0 unspecified atom stereocenters. The zero-order chi connectivity index (χ0) is 65.2. The zero-order valence-corrected chi connectivity index (χ0v) is 62.3. The third kappa shape index (κ3) is 24.4. The van der Waals surface area contributed by atoms with Crippen molar-refractivity contribution >= 4 is 97.6 Å². The summed E-state index contributed by atoms with van der Waals surface area (Å²) >= 11 is 2.67. The van der Waals surface area contributed by atoms with Crippen LogP contribution in [0.5, 0.6) is 0 Å². The van der Waals surface area contributed by atoms with Crippen molar-refractivity contribution in [2.75, 3.05) is 29.7 Å². The van der Waals surface area contributed by atoms with Gasteiger partial charge >= 0.3 is 50.5 Å². The number of hydrogen-bond donors (Lipinski definition) is 0. The van der Waals surface area contributed by atoms with Gasteiger partial charge in [0.05, 0.1) is 74.1 Å². The number of nitrogens with zero attached hydrogens (tertiary/aromatic N) is 2. The molecule has 0 spiro atoms. The Kier molecular flexibility index (Phi) is 33.2. The summed E-state index contributed by atoms with van der Waals surface area (Å²) in [4.78, 5) is 31.1. The van der Waals surface area contributed by atoms with Crippen molar-refractivity contribution in [1.29, 1.82) is 0 Å². The molecule has 6 nitrogen and oxygen atoms in total. The Hall–Kier alpha value is -7.67. The summed E-state index contributed by atoms with van der Waals surface area (Å²) in [6.07, 6.45) is 10.3. The van der Waals surface area contributed by atoms with Crippen LogP contribution in [-0.4, -0.2) is 39.7 Å². The molecule has 97 heavy (non-hydrogen) atoms. The number of rotatable bonds is 20. The Morgan fingerprint density at radius 3 is 0.670 bits per heavy atom. The predicted molar refractivity (Wildman–Crippen MR) is 416 cm³/mol.